The maximum absolute atomic E-state index is 13.0. The van der Waals surface area contributed by atoms with Gasteiger partial charge >= 0.3 is 0 Å². The number of aromatic nitrogens is 2. The molecule has 7 nitrogen and oxygen atoms in total. The van der Waals surface area contributed by atoms with Crippen molar-refractivity contribution in [2.24, 2.45) is 0 Å². The molecule has 5 rings (SSSR count). The zero-order valence-electron chi connectivity index (χ0n) is 19.1. The average molecular weight is 488 g/mol. The first kappa shape index (κ1) is 23.0. The van der Waals surface area contributed by atoms with Crippen molar-refractivity contribution in [3.05, 3.63) is 109 Å². The minimum Gasteiger partial charge on any atom is -0.355 e. The second-order valence-corrected chi connectivity index (χ2v) is 8.65. The van der Waals surface area contributed by atoms with Gasteiger partial charge in [-0.1, -0.05) is 6.07 Å². The van der Waals surface area contributed by atoms with Gasteiger partial charge in [-0.25, -0.2) is 0 Å². The summed E-state index contributed by atoms with van der Waals surface area (Å²) >= 11 is 0. The predicted octanol–water partition coefficient (Wildman–Crippen LogP) is 5.74. The summed E-state index contributed by atoms with van der Waals surface area (Å²) in [7, 11) is 2.63. The minimum atomic E-state index is -0.208. The van der Waals surface area contributed by atoms with Gasteiger partial charge in [0.1, 0.15) is 0 Å². The van der Waals surface area contributed by atoms with Crippen LogP contribution in [-0.4, -0.2) is 15.9 Å². The molecule has 2 aromatic heterocycles. The molecule has 3 N–H and O–H groups in total. The van der Waals surface area contributed by atoms with Gasteiger partial charge in [0.05, 0.1) is 17.1 Å². The number of benzene rings is 3. The Morgan fingerprint density at radius 2 is 1.61 bits per heavy atom. The molecule has 0 aliphatic rings. The Morgan fingerprint density at radius 3 is 2.42 bits per heavy atom. The highest BCUT2D eigenvalue weighted by Crippen LogP contribution is 2.26. The van der Waals surface area contributed by atoms with Crippen molar-refractivity contribution in [3.8, 4) is 6.07 Å². The van der Waals surface area contributed by atoms with Crippen LogP contribution in [0.25, 0.3) is 10.9 Å². The molecule has 1 amide bonds. The Bertz CT molecular complexity index is 1610. The first-order valence-corrected chi connectivity index (χ1v) is 11.7. The van der Waals surface area contributed by atoms with E-state index in [9.17, 15) is 10.1 Å². The smallest absolute Gasteiger partial charge is 0.256 e. The van der Waals surface area contributed by atoms with Crippen LogP contribution < -0.4 is 21.3 Å². The molecule has 0 saturated heterocycles. The van der Waals surface area contributed by atoms with Crippen molar-refractivity contribution < 1.29 is 4.79 Å². The molecule has 1 atom stereocenters. The highest BCUT2D eigenvalue weighted by Gasteiger charge is 2.12. The van der Waals surface area contributed by atoms with Crippen molar-refractivity contribution in [3.63, 3.8) is 0 Å². The van der Waals surface area contributed by atoms with Gasteiger partial charge in [-0.2, -0.15) is 5.26 Å². The summed E-state index contributed by atoms with van der Waals surface area (Å²) in [5.41, 5.74) is 6.00. The number of carbonyl (C=O) groups is 1. The lowest BCUT2D eigenvalue weighted by Gasteiger charge is -2.13. The van der Waals surface area contributed by atoms with Crippen LogP contribution in [0.2, 0.25) is 0 Å². The largest absolute Gasteiger partial charge is 0.355 e. The van der Waals surface area contributed by atoms with Crippen LogP contribution >= 0.6 is 9.24 Å². The zero-order valence-corrected chi connectivity index (χ0v) is 20.2. The van der Waals surface area contributed by atoms with Gasteiger partial charge in [0.15, 0.2) is 0 Å². The van der Waals surface area contributed by atoms with Crippen molar-refractivity contribution in [1.82, 2.24) is 9.97 Å². The number of nitrogens with zero attached hydrogens (tertiary/aromatic N) is 3. The fraction of sp³-hybridized carbons (Fsp3) is 0. The number of hydrogen-bond acceptors (Lipinski definition) is 6. The van der Waals surface area contributed by atoms with E-state index < -0.39 is 0 Å². The van der Waals surface area contributed by atoms with E-state index >= 15 is 0 Å². The van der Waals surface area contributed by atoms with Crippen molar-refractivity contribution in [2.45, 2.75) is 0 Å². The molecule has 36 heavy (non-hydrogen) atoms. The number of hydrogen-bond donors (Lipinski definition) is 3. The number of nitriles is 1. The third-order valence-electron chi connectivity index (χ3n) is 5.54. The molecule has 5 aromatic rings. The van der Waals surface area contributed by atoms with E-state index in [1.165, 1.54) is 0 Å². The van der Waals surface area contributed by atoms with E-state index in [2.05, 4.69) is 41.2 Å². The van der Waals surface area contributed by atoms with Gasteiger partial charge in [0.2, 0.25) is 0 Å². The third-order valence-corrected chi connectivity index (χ3v) is 6.01. The van der Waals surface area contributed by atoms with Crippen LogP contribution in [0.3, 0.4) is 0 Å². The normalized spacial score (nSPS) is 10.4. The van der Waals surface area contributed by atoms with Gasteiger partial charge in [0.25, 0.3) is 5.91 Å². The van der Waals surface area contributed by atoms with Crippen molar-refractivity contribution in [1.29, 1.82) is 5.26 Å². The SMILES string of the molecule is N#Cc1ccc2nccc(Nc3ccc(C(=O)Nc4cccc(Nc5ccncc5)c4)c(P)c3)c2c1. The first-order chi connectivity index (χ1) is 17.6. The summed E-state index contributed by atoms with van der Waals surface area (Å²) in [6.07, 6.45) is 5.15. The highest BCUT2D eigenvalue weighted by molar-refractivity contribution is 7.27. The van der Waals surface area contributed by atoms with Gasteiger partial charge in [-0.3, -0.25) is 14.8 Å². The lowest BCUT2D eigenvalue weighted by molar-refractivity contribution is 0.102. The van der Waals surface area contributed by atoms with Gasteiger partial charge < -0.3 is 16.0 Å². The van der Waals surface area contributed by atoms with Crippen molar-refractivity contribution in [2.75, 3.05) is 16.0 Å². The van der Waals surface area contributed by atoms with Gasteiger partial charge in [0, 0.05) is 58.0 Å². The van der Waals surface area contributed by atoms with Crippen LogP contribution in [0.15, 0.2) is 97.5 Å². The number of nitrogens with one attached hydrogen (secondary N) is 3. The van der Waals surface area contributed by atoms with Crippen LogP contribution in [0.1, 0.15) is 15.9 Å². The predicted molar refractivity (Wildman–Crippen MR) is 147 cm³/mol. The molecule has 0 fully saturated rings. The van der Waals surface area contributed by atoms with E-state index in [4.69, 9.17) is 0 Å². The Hall–Kier alpha value is -4.79. The summed E-state index contributed by atoms with van der Waals surface area (Å²) in [6.45, 7) is 0. The summed E-state index contributed by atoms with van der Waals surface area (Å²) in [6, 6.07) is 26.2. The fourth-order valence-corrected chi connectivity index (χ4v) is 4.21. The molecule has 0 aliphatic heterocycles. The van der Waals surface area contributed by atoms with E-state index in [0.717, 1.165) is 39.0 Å². The molecular formula is C28H21N6OP. The van der Waals surface area contributed by atoms with Gasteiger partial charge in [-0.15, -0.1) is 9.24 Å². The Morgan fingerprint density at radius 1 is 0.806 bits per heavy atom. The number of rotatable bonds is 6. The summed E-state index contributed by atoms with van der Waals surface area (Å²) in [5.74, 6) is -0.208. The molecule has 0 bridgehead atoms. The summed E-state index contributed by atoms with van der Waals surface area (Å²) in [4.78, 5) is 21.4. The minimum absolute atomic E-state index is 0.208. The lowest BCUT2D eigenvalue weighted by Crippen LogP contribution is -2.18. The van der Waals surface area contributed by atoms with Crippen molar-refractivity contribution >= 4 is 59.8 Å². The second kappa shape index (κ2) is 10.2. The van der Waals surface area contributed by atoms with E-state index in [1.54, 1.807) is 30.7 Å². The molecule has 0 spiro atoms. The Labute approximate surface area is 210 Å². The van der Waals surface area contributed by atoms with Crippen LogP contribution in [-0.2, 0) is 0 Å². The molecule has 8 heteroatoms. The molecule has 1 unspecified atom stereocenters. The number of pyridine rings is 2. The number of fused-ring (bicyclic) bond motifs is 1. The Kier molecular flexibility index (Phi) is 6.53. The lowest BCUT2D eigenvalue weighted by atomic mass is 10.1. The van der Waals surface area contributed by atoms with E-state index in [-0.39, 0.29) is 5.91 Å². The monoisotopic (exact) mass is 488 g/mol. The van der Waals surface area contributed by atoms with E-state index in [0.29, 0.717) is 16.8 Å². The number of carbonyl (C=O) groups excluding carboxylic acids is 1. The summed E-state index contributed by atoms with van der Waals surface area (Å²) < 4.78 is 0. The standard InChI is InChI=1S/C28H21N6OP/c29-17-18-4-7-25-24(14-18)26(10-13-31-25)33-22-5-6-23(27(36)16-22)28(35)34-21-3-1-2-20(15-21)32-19-8-11-30-12-9-19/h1-16H,36H2,(H,30,32)(H,31,33)(H,34,35). The van der Waals surface area contributed by atoms with Crippen LogP contribution in [0.5, 0.6) is 0 Å². The van der Waals surface area contributed by atoms with Crippen LogP contribution in [0.4, 0.5) is 28.4 Å². The second-order valence-electron chi connectivity index (χ2n) is 8.03. The molecule has 2 heterocycles. The third kappa shape index (κ3) is 5.15. The Balaban J connectivity index is 1.32. The molecule has 0 aliphatic carbocycles. The molecule has 0 saturated carbocycles. The van der Waals surface area contributed by atoms with E-state index in [1.807, 2.05) is 66.7 Å². The quantitative estimate of drug-likeness (QED) is 0.263. The highest BCUT2D eigenvalue weighted by atomic mass is 31.0. The summed E-state index contributed by atoms with van der Waals surface area (Å²) in [5, 5.41) is 20.5. The molecule has 0 radical (unpaired) electrons. The van der Waals surface area contributed by atoms with Crippen LogP contribution in [0, 0.1) is 11.3 Å². The topological polar surface area (TPSA) is 103 Å². The maximum Gasteiger partial charge on any atom is 0.256 e. The average Bonchev–Trinajstić information content (AvgIpc) is 2.89. The zero-order chi connectivity index (χ0) is 24.9. The molecule has 174 valence electrons. The molecular weight excluding hydrogens is 467 g/mol. The maximum atomic E-state index is 13.0. The number of amides is 1. The van der Waals surface area contributed by atoms with Gasteiger partial charge in [-0.05, 0) is 78.1 Å². The first-order valence-electron chi connectivity index (χ1n) is 11.1. The fourth-order valence-electron chi connectivity index (χ4n) is 3.80. The molecule has 3 aromatic carbocycles. The number of anilines is 5.